The number of carbonyl (C=O) groups is 1. The molecule has 0 radical (unpaired) electrons. The highest BCUT2D eigenvalue weighted by Crippen LogP contribution is 2.03. The maximum Gasteiger partial charge on any atom is 0.324 e. The van der Waals surface area contributed by atoms with Crippen molar-refractivity contribution in [3.8, 4) is 0 Å². The molecule has 0 N–H and O–H groups in total. The Hall–Kier alpha value is -0.240. The highest BCUT2D eigenvalue weighted by Gasteiger charge is 1.99. The van der Waals surface area contributed by atoms with E-state index in [4.69, 9.17) is 11.9 Å². The van der Waals surface area contributed by atoms with Crippen molar-refractivity contribution >= 4 is 17.8 Å². The van der Waals surface area contributed by atoms with E-state index >= 15 is 0 Å². The van der Waals surface area contributed by atoms with Crippen LogP contribution in [0.5, 0.6) is 0 Å². The van der Waals surface area contributed by atoms with Gasteiger partial charge in [0, 0.05) is 6.42 Å². The Morgan fingerprint density at radius 3 is 2.60 bits per heavy atom. The zero-order valence-corrected chi connectivity index (χ0v) is 6.99. The Labute approximate surface area is 66.7 Å². The van der Waals surface area contributed by atoms with Crippen LogP contribution in [0.15, 0.2) is 0 Å². The van der Waals surface area contributed by atoms with E-state index in [2.05, 4.69) is 11.2 Å². The number of unbranched alkanes of at least 4 members (excludes halogenated alkanes) is 3. The first kappa shape index (κ1) is 9.76. The second kappa shape index (κ2) is 6.87. The summed E-state index contributed by atoms with van der Waals surface area (Å²) in [4.78, 5) is 10.4. The van der Waals surface area contributed by atoms with Gasteiger partial charge in [-0.05, 0) is 6.42 Å². The monoisotopic (exact) mass is 164 g/mol. The average Bonchev–Trinajstić information content (AvgIpc) is 1.98. The summed E-state index contributed by atoms with van der Waals surface area (Å²) < 4.78 is 3.96. The molecule has 0 aliphatic carbocycles. The Kier molecular flexibility index (Phi) is 6.71. The molecule has 0 heterocycles. The third-order valence-corrected chi connectivity index (χ3v) is 1.49. The summed E-state index contributed by atoms with van der Waals surface area (Å²) in [5.74, 6) is -0.322. The second-order valence-corrected chi connectivity index (χ2v) is 2.41. The molecule has 0 unspecified atom stereocenters. The molecular weight excluding hydrogens is 152 g/mol. The third kappa shape index (κ3) is 5.89. The molecule has 0 saturated carbocycles. The molecule has 0 aromatic carbocycles. The molecule has 0 aliphatic heterocycles. The van der Waals surface area contributed by atoms with Gasteiger partial charge in [0.05, 0.1) is 0 Å². The first-order valence-electron chi connectivity index (χ1n) is 3.62. The molecule has 0 fully saturated rings. The molecule has 0 aliphatic rings. The molecule has 0 spiro atoms. The van der Waals surface area contributed by atoms with Crippen molar-refractivity contribution in [1.82, 2.24) is 0 Å². The zero-order chi connectivity index (χ0) is 7.82. The van der Waals surface area contributed by atoms with Gasteiger partial charge in [0.1, 0.15) is 11.9 Å². The van der Waals surface area contributed by atoms with Gasteiger partial charge < -0.3 is 4.29 Å². The van der Waals surface area contributed by atoms with Crippen molar-refractivity contribution in [3.63, 3.8) is 0 Å². The van der Waals surface area contributed by atoms with Crippen molar-refractivity contribution in [3.05, 3.63) is 0 Å². The fourth-order valence-corrected chi connectivity index (χ4v) is 0.812. The van der Waals surface area contributed by atoms with Gasteiger partial charge in [-0.15, -0.1) is 0 Å². The topological polar surface area (TPSA) is 26.3 Å². The zero-order valence-electron chi connectivity index (χ0n) is 6.23. The molecule has 0 bridgehead atoms. The summed E-state index contributed by atoms with van der Waals surface area (Å²) in [5.41, 5.74) is 0. The van der Waals surface area contributed by atoms with Crippen LogP contribution < -0.4 is 0 Å². The Morgan fingerprint density at radius 1 is 1.40 bits per heavy atom. The SMILES string of the molecule is CCCCCCC(=O)OCl. The van der Waals surface area contributed by atoms with Gasteiger partial charge in [0.2, 0.25) is 0 Å². The van der Waals surface area contributed by atoms with Gasteiger partial charge in [-0.1, -0.05) is 26.2 Å². The minimum atomic E-state index is -0.322. The maximum absolute atomic E-state index is 10.4. The standard InChI is InChI=1S/C7H13ClO2/c1-2-3-4-5-6-7(9)10-8/h2-6H2,1H3. The van der Waals surface area contributed by atoms with E-state index in [0.29, 0.717) is 6.42 Å². The number of carbonyl (C=O) groups excluding carboxylic acids is 1. The minimum absolute atomic E-state index is 0.322. The number of hydrogen-bond donors (Lipinski definition) is 0. The first-order chi connectivity index (χ1) is 4.81. The largest absolute Gasteiger partial charge is 0.348 e. The molecule has 0 atom stereocenters. The molecule has 0 rings (SSSR count). The summed E-state index contributed by atoms with van der Waals surface area (Å²) in [6.07, 6.45) is 4.77. The lowest BCUT2D eigenvalue weighted by Gasteiger charge is -1.95. The lowest BCUT2D eigenvalue weighted by atomic mass is 10.2. The third-order valence-electron chi connectivity index (χ3n) is 1.32. The molecule has 0 amide bonds. The lowest BCUT2D eigenvalue weighted by molar-refractivity contribution is -0.134. The number of halogens is 1. The van der Waals surface area contributed by atoms with Crippen molar-refractivity contribution in [2.75, 3.05) is 0 Å². The highest BCUT2D eigenvalue weighted by molar-refractivity contribution is 6.13. The quantitative estimate of drug-likeness (QED) is 0.584. The normalized spacial score (nSPS) is 9.40. The fraction of sp³-hybridized carbons (Fsp3) is 0.857. The van der Waals surface area contributed by atoms with Crippen LogP contribution in [-0.2, 0) is 9.08 Å². The van der Waals surface area contributed by atoms with Gasteiger partial charge >= 0.3 is 5.97 Å². The summed E-state index contributed by atoms with van der Waals surface area (Å²) in [6.45, 7) is 2.12. The van der Waals surface area contributed by atoms with Crippen LogP contribution in [0.3, 0.4) is 0 Å². The highest BCUT2D eigenvalue weighted by atomic mass is 35.5. The van der Waals surface area contributed by atoms with Crippen LogP contribution in [0.2, 0.25) is 0 Å². The molecule has 0 aromatic rings. The number of rotatable bonds is 5. The maximum atomic E-state index is 10.4. The van der Waals surface area contributed by atoms with E-state index in [1.54, 1.807) is 0 Å². The minimum Gasteiger partial charge on any atom is -0.348 e. The molecular formula is C7H13ClO2. The van der Waals surface area contributed by atoms with Gasteiger partial charge in [-0.3, -0.25) is 4.79 Å². The first-order valence-corrected chi connectivity index (χ1v) is 3.93. The van der Waals surface area contributed by atoms with Crippen molar-refractivity contribution in [2.24, 2.45) is 0 Å². The predicted molar refractivity (Wildman–Crippen MR) is 40.7 cm³/mol. The average molecular weight is 165 g/mol. The van der Waals surface area contributed by atoms with Crippen molar-refractivity contribution in [1.29, 1.82) is 0 Å². The molecule has 3 heteroatoms. The van der Waals surface area contributed by atoms with Gasteiger partial charge in [-0.2, -0.15) is 0 Å². The summed E-state index contributed by atoms with van der Waals surface area (Å²) in [6, 6.07) is 0. The van der Waals surface area contributed by atoms with Crippen LogP contribution in [0.4, 0.5) is 0 Å². The van der Waals surface area contributed by atoms with Crippen LogP contribution >= 0.6 is 11.9 Å². The summed E-state index contributed by atoms with van der Waals surface area (Å²) in [5, 5.41) is 0. The van der Waals surface area contributed by atoms with E-state index in [1.807, 2.05) is 0 Å². The second-order valence-electron chi connectivity index (χ2n) is 2.26. The summed E-state index contributed by atoms with van der Waals surface area (Å²) >= 11 is 4.82. The van der Waals surface area contributed by atoms with Crippen LogP contribution in [0.1, 0.15) is 39.0 Å². The van der Waals surface area contributed by atoms with E-state index in [0.717, 1.165) is 12.8 Å². The molecule has 0 aromatic heterocycles. The Balaban J connectivity index is 2.96. The lowest BCUT2D eigenvalue weighted by Crippen LogP contribution is -1.95. The van der Waals surface area contributed by atoms with Crippen LogP contribution in [0, 0.1) is 0 Å². The van der Waals surface area contributed by atoms with E-state index in [-0.39, 0.29) is 5.97 Å². The summed E-state index contributed by atoms with van der Waals surface area (Å²) in [7, 11) is 0. The smallest absolute Gasteiger partial charge is 0.324 e. The fourth-order valence-electron chi connectivity index (χ4n) is 0.735. The molecule has 60 valence electrons. The van der Waals surface area contributed by atoms with E-state index in [1.165, 1.54) is 12.8 Å². The van der Waals surface area contributed by atoms with Crippen molar-refractivity contribution < 1.29 is 9.08 Å². The number of hydrogen-bond acceptors (Lipinski definition) is 2. The van der Waals surface area contributed by atoms with E-state index < -0.39 is 0 Å². The molecule has 2 nitrogen and oxygen atoms in total. The van der Waals surface area contributed by atoms with Gasteiger partial charge in [0.15, 0.2) is 0 Å². The Morgan fingerprint density at radius 2 is 2.10 bits per heavy atom. The molecule has 0 saturated heterocycles. The molecule has 10 heavy (non-hydrogen) atoms. The van der Waals surface area contributed by atoms with Crippen molar-refractivity contribution in [2.45, 2.75) is 39.0 Å². The van der Waals surface area contributed by atoms with Crippen LogP contribution in [0.25, 0.3) is 0 Å². The van der Waals surface area contributed by atoms with E-state index in [9.17, 15) is 4.79 Å². The van der Waals surface area contributed by atoms with Gasteiger partial charge in [0.25, 0.3) is 0 Å². The predicted octanol–water partition coefficient (Wildman–Crippen LogP) is 2.65. The van der Waals surface area contributed by atoms with Gasteiger partial charge in [-0.25, -0.2) is 0 Å². The Bertz CT molecular complexity index is 93.6. The van der Waals surface area contributed by atoms with Crippen LogP contribution in [-0.4, -0.2) is 5.97 Å².